The summed E-state index contributed by atoms with van der Waals surface area (Å²) in [6.45, 7) is 1.17. The summed E-state index contributed by atoms with van der Waals surface area (Å²) in [5.74, 6) is -1.24. The molecular formula is C27H24F3N7O3. The number of halogens is 3. The van der Waals surface area contributed by atoms with Gasteiger partial charge in [0.1, 0.15) is 5.69 Å². The average molecular weight is 552 g/mol. The fourth-order valence-electron chi connectivity index (χ4n) is 4.31. The number of nitrogens with one attached hydrogen (secondary N) is 4. The number of amidine groups is 1. The second-order valence-corrected chi connectivity index (χ2v) is 8.87. The molecule has 2 aliphatic rings. The fourth-order valence-corrected chi connectivity index (χ4v) is 4.31. The lowest BCUT2D eigenvalue weighted by Crippen LogP contribution is -2.43. The molecule has 4 N–H and O–H groups in total. The lowest BCUT2D eigenvalue weighted by molar-refractivity contribution is -0.137. The molecule has 206 valence electrons. The molecule has 1 saturated heterocycles. The van der Waals surface area contributed by atoms with Gasteiger partial charge >= 0.3 is 6.18 Å². The molecule has 2 aromatic carbocycles. The van der Waals surface area contributed by atoms with Gasteiger partial charge in [0.25, 0.3) is 11.9 Å². The Hall–Kier alpha value is -4.78. The van der Waals surface area contributed by atoms with Crippen LogP contribution in [-0.2, 0) is 20.4 Å². The highest BCUT2D eigenvalue weighted by Crippen LogP contribution is 2.33. The first-order valence-corrected chi connectivity index (χ1v) is 12.3. The number of fused-ring (bicyclic) bond motifs is 1. The average Bonchev–Trinajstić information content (AvgIpc) is 3.09. The van der Waals surface area contributed by atoms with Gasteiger partial charge in [0.15, 0.2) is 0 Å². The number of morpholine rings is 1. The number of hydrogen-bond donors (Lipinski definition) is 4. The van der Waals surface area contributed by atoms with Gasteiger partial charge in [-0.3, -0.25) is 15.6 Å². The van der Waals surface area contributed by atoms with Crippen LogP contribution in [0.2, 0.25) is 0 Å². The highest BCUT2D eigenvalue weighted by Gasteiger charge is 2.34. The predicted molar refractivity (Wildman–Crippen MR) is 142 cm³/mol. The zero-order chi connectivity index (χ0) is 28.3. The number of carbonyl (C=O) groups excluding carboxylic acids is 1. The molecule has 3 aromatic rings. The van der Waals surface area contributed by atoms with Gasteiger partial charge in [0.05, 0.1) is 35.9 Å². The third-order valence-corrected chi connectivity index (χ3v) is 6.23. The van der Waals surface area contributed by atoms with Crippen LogP contribution in [0.25, 0.3) is 0 Å². The Morgan fingerprint density at radius 3 is 2.50 bits per heavy atom. The van der Waals surface area contributed by atoms with Crippen molar-refractivity contribution in [3.05, 3.63) is 89.2 Å². The Labute approximate surface area is 226 Å². The Balaban J connectivity index is 1.39. The molecule has 1 aromatic heterocycles. The largest absolute Gasteiger partial charge is 0.417 e. The number of nitrogens with zero attached hydrogens (tertiary/aromatic N) is 3. The number of para-hydroxylation sites is 1. The molecule has 1 unspecified atom stereocenters. The van der Waals surface area contributed by atoms with Crippen molar-refractivity contribution in [2.45, 2.75) is 12.3 Å². The van der Waals surface area contributed by atoms with E-state index in [9.17, 15) is 18.0 Å². The highest BCUT2D eigenvalue weighted by molar-refractivity contribution is 6.19. The van der Waals surface area contributed by atoms with E-state index in [1.54, 1.807) is 17.0 Å². The Morgan fingerprint density at radius 1 is 1.07 bits per heavy atom. The number of carbonyl (C=O) groups is 1. The number of ether oxygens (including phenoxy) is 2. The molecule has 0 spiro atoms. The molecule has 0 aliphatic carbocycles. The summed E-state index contributed by atoms with van der Waals surface area (Å²) in [5, 5.41) is 22.0. The van der Waals surface area contributed by atoms with E-state index in [-0.39, 0.29) is 11.4 Å². The van der Waals surface area contributed by atoms with Crippen molar-refractivity contribution in [2.75, 3.05) is 36.5 Å². The zero-order valence-electron chi connectivity index (χ0n) is 21.0. The Morgan fingerprint density at radius 2 is 1.77 bits per heavy atom. The first-order valence-electron chi connectivity index (χ1n) is 12.3. The van der Waals surface area contributed by atoms with E-state index < -0.39 is 35.7 Å². The van der Waals surface area contributed by atoms with Crippen molar-refractivity contribution >= 4 is 34.9 Å². The summed E-state index contributed by atoms with van der Waals surface area (Å²) in [5.41, 5.74) is 1.31. The number of aliphatic imine (C=N–C) groups is 1. The second-order valence-electron chi connectivity index (χ2n) is 8.87. The predicted octanol–water partition coefficient (Wildman–Crippen LogP) is 3.62. The molecule has 2 aliphatic heterocycles. The molecule has 0 bridgehead atoms. The minimum Gasteiger partial charge on any atom is -0.405 e. The number of pyridine rings is 1. The van der Waals surface area contributed by atoms with Crippen LogP contribution >= 0.6 is 0 Å². The van der Waals surface area contributed by atoms with E-state index in [1.165, 1.54) is 0 Å². The number of hydrogen-bond acceptors (Lipinski definition) is 8. The summed E-state index contributed by atoms with van der Waals surface area (Å²) in [7, 11) is 0. The molecule has 3 heterocycles. The SMILES string of the molecule is N=C(NC1N=C(c2ccccc2)c2ccccc2NC1=O)OC(=N)c1ncc(C(F)(F)F)cc1N1CCOCC1. The standard InChI is InChI=1S/C27H24F3N7O3/c28-27(29,30)17-14-20(37-10-12-39-13-11-37)22(33-15-17)23(31)40-26(32)36-24-25(38)34-19-9-5-4-8-18(19)21(35-24)16-6-2-1-3-7-16/h1-9,14-15,24,31H,10-13H2,(H2,32,36)(H,34,38). The van der Waals surface area contributed by atoms with Crippen molar-refractivity contribution in [2.24, 2.45) is 4.99 Å². The smallest absolute Gasteiger partial charge is 0.405 e. The lowest BCUT2D eigenvalue weighted by atomic mass is 10.0. The third-order valence-electron chi connectivity index (χ3n) is 6.23. The van der Waals surface area contributed by atoms with Crippen molar-refractivity contribution in [1.29, 1.82) is 10.8 Å². The number of anilines is 2. The number of aromatic nitrogens is 1. The van der Waals surface area contributed by atoms with Crippen LogP contribution in [0.1, 0.15) is 22.4 Å². The number of amides is 1. The van der Waals surface area contributed by atoms with Crippen LogP contribution in [0.4, 0.5) is 24.5 Å². The van der Waals surface area contributed by atoms with Gasteiger partial charge < -0.3 is 25.0 Å². The van der Waals surface area contributed by atoms with Crippen LogP contribution in [0.15, 0.2) is 71.9 Å². The van der Waals surface area contributed by atoms with Gasteiger partial charge in [-0.2, -0.15) is 13.2 Å². The van der Waals surface area contributed by atoms with Gasteiger partial charge in [-0.05, 0) is 12.1 Å². The van der Waals surface area contributed by atoms with Gasteiger partial charge in [0.2, 0.25) is 12.1 Å². The molecule has 40 heavy (non-hydrogen) atoms. The molecule has 10 nitrogen and oxygen atoms in total. The summed E-state index contributed by atoms with van der Waals surface area (Å²) in [4.78, 5) is 23.0. The van der Waals surface area contributed by atoms with E-state index in [0.717, 1.165) is 11.6 Å². The van der Waals surface area contributed by atoms with Crippen LogP contribution < -0.4 is 15.5 Å². The molecule has 5 rings (SSSR count). The van der Waals surface area contributed by atoms with Crippen LogP contribution in [-0.4, -0.2) is 61.0 Å². The number of benzene rings is 2. The van der Waals surface area contributed by atoms with Crippen LogP contribution in [0, 0.1) is 10.8 Å². The van der Waals surface area contributed by atoms with E-state index >= 15 is 0 Å². The first kappa shape index (κ1) is 26.8. The van der Waals surface area contributed by atoms with Gasteiger partial charge in [-0.1, -0.05) is 48.5 Å². The van der Waals surface area contributed by atoms with Crippen LogP contribution in [0.3, 0.4) is 0 Å². The number of benzodiazepines with no additional fused rings is 1. The summed E-state index contributed by atoms with van der Waals surface area (Å²) < 4.78 is 50.8. The molecule has 1 amide bonds. The minimum atomic E-state index is -4.64. The summed E-state index contributed by atoms with van der Waals surface area (Å²) in [6.07, 6.45) is -5.33. The molecule has 13 heteroatoms. The maximum absolute atomic E-state index is 13.4. The molecule has 0 saturated carbocycles. The molecular weight excluding hydrogens is 527 g/mol. The van der Waals surface area contributed by atoms with Crippen molar-refractivity contribution in [3.8, 4) is 0 Å². The topological polar surface area (TPSA) is 136 Å². The normalized spacial score (nSPS) is 17.2. The Kier molecular flexibility index (Phi) is 7.47. The van der Waals surface area contributed by atoms with E-state index in [0.29, 0.717) is 49.5 Å². The van der Waals surface area contributed by atoms with E-state index in [1.807, 2.05) is 42.5 Å². The van der Waals surface area contributed by atoms with Crippen molar-refractivity contribution < 1.29 is 27.4 Å². The number of alkyl halides is 3. The van der Waals surface area contributed by atoms with Crippen molar-refractivity contribution in [1.82, 2.24) is 10.3 Å². The Bertz CT molecular complexity index is 1470. The monoisotopic (exact) mass is 551 g/mol. The number of rotatable bonds is 4. The van der Waals surface area contributed by atoms with Crippen molar-refractivity contribution in [3.63, 3.8) is 0 Å². The maximum atomic E-state index is 13.4. The summed E-state index contributed by atoms with van der Waals surface area (Å²) >= 11 is 0. The molecule has 1 fully saturated rings. The fraction of sp³-hybridized carbons (Fsp3) is 0.222. The highest BCUT2D eigenvalue weighted by atomic mass is 19.4. The molecule has 1 atom stereocenters. The summed E-state index contributed by atoms with van der Waals surface area (Å²) in [6, 6.07) is 16.5. The van der Waals surface area contributed by atoms with Gasteiger partial charge in [-0.25, -0.2) is 9.98 Å². The van der Waals surface area contributed by atoms with Gasteiger partial charge in [-0.15, -0.1) is 0 Å². The quantitative estimate of drug-likeness (QED) is 0.289. The maximum Gasteiger partial charge on any atom is 0.417 e. The first-order chi connectivity index (χ1) is 19.2. The van der Waals surface area contributed by atoms with E-state index in [2.05, 4.69) is 20.6 Å². The molecule has 0 radical (unpaired) electrons. The third kappa shape index (κ3) is 5.78. The second kappa shape index (κ2) is 11.1. The van der Waals surface area contributed by atoms with Gasteiger partial charge in [0, 0.05) is 30.4 Å². The lowest BCUT2D eigenvalue weighted by Gasteiger charge is -2.30. The van der Waals surface area contributed by atoms with E-state index in [4.69, 9.17) is 20.3 Å². The van der Waals surface area contributed by atoms with Crippen LogP contribution in [0.5, 0.6) is 0 Å². The zero-order valence-corrected chi connectivity index (χ0v) is 21.0. The minimum absolute atomic E-state index is 0.0305.